The van der Waals surface area contributed by atoms with Crippen molar-refractivity contribution in [3.8, 4) is 0 Å². The molecule has 1 fully saturated rings. The van der Waals surface area contributed by atoms with Crippen LogP contribution in [0.2, 0.25) is 5.02 Å². The molecule has 0 bridgehead atoms. The third kappa shape index (κ3) is 2.19. The highest BCUT2D eigenvalue weighted by molar-refractivity contribution is 6.30. The molecule has 17 heavy (non-hydrogen) atoms. The van der Waals surface area contributed by atoms with E-state index in [4.69, 9.17) is 16.3 Å². The molecule has 1 aromatic carbocycles. The summed E-state index contributed by atoms with van der Waals surface area (Å²) in [6.07, 6.45) is -1.43. The molecule has 2 rings (SSSR count). The predicted molar refractivity (Wildman–Crippen MR) is 59.8 cm³/mol. The SMILES string of the molecule is COC(=O)N1C(=O)OCC1c1ccc(Cl)cc1. The van der Waals surface area contributed by atoms with Gasteiger partial charge in [0.25, 0.3) is 0 Å². The number of imide groups is 1. The number of halogens is 1. The van der Waals surface area contributed by atoms with Crippen molar-refractivity contribution in [2.24, 2.45) is 0 Å². The number of hydrogen-bond acceptors (Lipinski definition) is 4. The lowest BCUT2D eigenvalue weighted by atomic mass is 10.1. The van der Waals surface area contributed by atoms with Gasteiger partial charge in [0.2, 0.25) is 0 Å². The van der Waals surface area contributed by atoms with E-state index in [2.05, 4.69) is 4.74 Å². The third-order valence-corrected chi connectivity index (χ3v) is 2.75. The lowest BCUT2D eigenvalue weighted by molar-refractivity contribution is 0.120. The lowest BCUT2D eigenvalue weighted by Gasteiger charge is -2.18. The van der Waals surface area contributed by atoms with Crippen LogP contribution in [0.3, 0.4) is 0 Å². The Morgan fingerprint density at radius 2 is 2.12 bits per heavy atom. The molecule has 0 N–H and O–H groups in total. The maximum Gasteiger partial charge on any atom is 0.420 e. The average molecular weight is 256 g/mol. The molecular weight excluding hydrogens is 246 g/mol. The van der Waals surface area contributed by atoms with Crippen LogP contribution in [0.1, 0.15) is 11.6 Å². The zero-order chi connectivity index (χ0) is 12.4. The monoisotopic (exact) mass is 255 g/mol. The lowest BCUT2D eigenvalue weighted by Crippen LogP contribution is -2.33. The van der Waals surface area contributed by atoms with Crippen LogP contribution in [0, 0.1) is 0 Å². The summed E-state index contributed by atoms with van der Waals surface area (Å²) in [6, 6.07) is 6.40. The van der Waals surface area contributed by atoms with E-state index in [9.17, 15) is 9.59 Å². The van der Waals surface area contributed by atoms with Gasteiger partial charge in [-0.1, -0.05) is 23.7 Å². The number of ether oxygens (including phenoxy) is 2. The maximum absolute atomic E-state index is 11.5. The van der Waals surface area contributed by atoms with Crippen molar-refractivity contribution in [3.63, 3.8) is 0 Å². The van der Waals surface area contributed by atoms with E-state index in [1.165, 1.54) is 7.11 Å². The molecule has 1 unspecified atom stereocenters. The largest absolute Gasteiger partial charge is 0.452 e. The van der Waals surface area contributed by atoms with Crippen LogP contribution in [0.15, 0.2) is 24.3 Å². The summed E-state index contributed by atoms with van der Waals surface area (Å²) in [6.45, 7) is 0.121. The van der Waals surface area contributed by atoms with Crippen LogP contribution >= 0.6 is 11.6 Å². The molecule has 0 saturated carbocycles. The Kier molecular flexibility index (Phi) is 3.19. The molecule has 90 valence electrons. The molecule has 0 radical (unpaired) electrons. The predicted octanol–water partition coefficient (Wildman–Crippen LogP) is 2.60. The van der Waals surface area contributed by atoms with Gasteiger partial charge in [-0.3, -0.25) is 0 Å². The summed E-state index contributed by atoms with van der Waals surface area (Å²) in [4.78, 5) is 23.8. The molecule has 6 heteroatoms. The Balaban J connectivity index is 2.28. The van der Waals surface area contributed by atoms with E-state index in [1.807, 2.05) is 0 Å². The fraction of sp³-hybridized carbons (Fsp3) is 0.273. The van der Waals surface area contributed by atoms with Gasteiger partial charge in [-0.15, -0.1) is 0 Å². The van der Waals surface area contributed by atoms with Crippen LogP contribution in [0.4, 0.5) is 9.59 Å². The van der Waals surface area contributed by atoms with Crippen LogP contribution in [-0.2, 0) is 9.47 Å². The minimum atomic E-state index is -0.729. The van der Waals surface area contributed by atoms with Gasteiger partial charge in [-0.25, -0.2) is 14.5 Å². The Morgan fingerprint density at radius 3 is 2.71 bits per heavy atom. The van der Waals surface area contributed by atoms with Crippen LogP contribution in [-0.4, -0.2) is 30.8 Å². The van der Waals surface area contributed by atoms with Crippen LogP contribution in [0.25, 0.3) is 0 Å². The fourth-order valence-corrected chi connectivity index (χ4v) is 1.78. The maximum atomic E-state index is 11.5. The number of rotatable bonds is 1. The Labute approximate surface area is 103 Å². The molecule has 0 spiro atoms. The Morgan fingerprint density at radius 1 is 1.47 bits per heavy atom. The number of cyclic esters (lactones) is 1. The normalized spacial score (nSPS) is 19.1. The van der Waals surface area contributed by atoms with Crippen LogP contribution in [0.5, 0.6) is 0 Å². The summed E-state index contributed by atoms with van der Waals surface area (Å²) in [5.41, 5.74) is 0.769. The van der Waals surface area contributed by atoms with E-state index in [1.54, 1.807) is 24.3 Å². The second kappa shape index (κ2) is 4.63. The first-order valence-corrected chi connectivity index (χ1v) is 5.30. The number of benzene rings is 1. The van der Waals surface area contributed by atoms with E-state index in [0.29, 0.717) is 5.02 Å². The minimum absolute atomic E-state index is 0.121. The number of amides is 2. The summed E-state index contributed by atoms with van der Waals surface area (Å²) in [5.74, 6) is 0. The van der Waals surface area contributed by atoms with Gasteiger partial charge in [0, 0.05) is 5.02 Å². The molecule has 0 aromatic heterocycles. The van der Waals surface area contributed by atoms with E-state index in [-0.39, 0.29) is 6.61 Å². The van der Waals surface area contributed by atoms with Crippen molar-refractivity contribution in [2.45, 2.75) is 6.04 Å². The molecule has 1 aliphatic heterocycles. The molecule has 1 aromatic rings. The van der Waals surface area contributed by atoms with Gasteiger partial charge in [0.1, 0.15) is 12.6 Å². The van der Waals surface area contributed by atoms with Gasteiger partial charge >= 0.3 is 12.2 Å². The van der Waals surface area contributed by atoms with E-state index < -0.39 is 18.2 Å². The van der Waals surface area contributed by atoms with E-state index in [0.717, 1.165) is 10.5 Å². The topological polar surface area (TPSA) is 55.8 Å². The molecule has 0 aliphatic carbocycles. The van der Waals surface area contributed by atoms with Crippen molar-refractivity contribution in [1.82, 2.24) is 4.90 Å². The van der Waals surface area contributed by atoms with Crippen LogP contribution < -0.4 is 0 Å². The minimum Gasteiger partial charge on any atom is -0.452 e. The molecule has 1 saturated heterocycles. The number of hydrogen-bond donors (Lipinski definition) is 0. The van der Waals surface area contributed by atoms with Gasteiger partial charge in [-0.2, -0.15) is 0 Å². The Hall–Kier alpha value is -1.75. The summed E-state index contributed by atoms with van der Waals surface area (Å²) in [7, 11) is 1.22. The molecule has 1 aliphatic rings. The molecule has 2 amide bonds. The molecular formula is C11H10ClNO4. The zero-order valence-corrected chi connectivity index (χ0v) is 9.81. The van der Waals surface area contributed by atoms with Gasteiger partial charge in [-0.05, 0) is 17.7 Å². The summed E-state index contributed by atoms with van der Waals surface area (Å²) >= 11 is 5.77. The first-order valence-electron chi connectivity index (χ1n) is 4.93. The standard InChI is InChI=1S/C11H10ClNO4/c1-16-10(14)13-9(6-17-11(13)15)7-2-4-8(12)5-3-7/h2-5,9H,6H2,1H3. The smallest absolute Gasteiger partial charge is 0.420 e. The Bertz CT molecular complexity index is 445. The summed E-state index contributed by atoms with van der Waals surface area (Å²) < 4.78 is 9.38. The number of nitrogens with zero attached hydrogens (tertiary/aromatic N) is 1. The first-order chi connectivity index (χ1) is 8.13. The zero-order valence-electron chi connectivity index (χ0n) is 9.05. The quantitative estimate of drug-likeness (QED) is 0.774. The van der Waals surface area contributed by atoms with E-state index >= 15 is 0 Å². The molecule has 1 atom stereocenters. The third-order valence-electron chi connectivity index (χ3n) is 2.50. The molecule has 1 heterocycles. The van der Waals surface area contributed by atoms with Gasteiger partial charge in [0.15, 0.2) is 0 Å². The van der Waals surface area contributed by atoms with Gasteiger partial charge < -0.3 is 9.47 Å². The average Bonchev–Trinajstić information content (AvgIpc) is 2.71. The molecule has 5 nitrogen and oxygen atoms in total. The van der Waals surface area contributed by atoms with Crippen molar-refractivity contribution in [2.75, 3.05) is 13.7 Å². The van der Waals surface area contributed by atoms with Gasteiger partial charge in [0.05, 0.1) is 7.11 Å². The summed E-state index contributed by atoms with van der Waals surface area (Å²) in [5, 5.41) is 0.587. The van der Waals surface area contributed by atoms with Crippen molar-refractivity contribution in [3.05, 3.63) is 34.9 Å². The number of methoxy groups -OCH3 is 1. The first kappa shape index (κ1) is 11.7. The number of carbonyl (C=O) groups is 2. The van der Waals surface area contributed by atoms with Crippen molar-refractivity contribution < 1.29 is 19.1 Å². The highest BCUT2D eigenvalue weighted by Crippen LogP contribution is 2.28. The fourth-order valence-electron chi connectivity index (χ4n) is 1.65. The van der Waals surface area contributed by atoms with Crippen molar-refractivity contribution >= 4 is 23.8 Å². The number of carbonyl (C=O) groups excluding carboxylic acids is 2. The highest BCUT2D eigenvalue weighted by Gasteiger charge is 2.39. The van der Waals surface area contributed by atoms with Crippen molar-refractivity contribution in [1.29, 1.82) is 0 Å². The highest BCUT2D eigenvalue weighted by atomic mass is 35.5. The second-order valence-corrected chi connectivity index (χ2v) is 3.92. The second-order valence-electron chi connectivity index (χ2n) is 3.48.